The zero-order valence-corrected chi connectivity index (χ0v) is 8.93. The highest BCUT2D eigenvalue weighted by atomic mass is 32.1. The summed E-state index contributed by atoms with van der Waals surface area (Å²) in [6.45, 7) is 1.87. The fourth-order valence-electron chi connectivity index (χ4n) is 2.07. The molecule has 2 rings (SSSR count). The van der Waals surface area contributed by atoms with Crippen molar-refractivity contribution in [3.05, 3.63) is 15.6 Å². The van der Waals surface area contributed by atoms with Gasteiger partial charge in [0.25, 0.3) is 0 Å². The van der Waals surface area contributed by atoms with Crippen molar-refractivity contribution in [2.45, 2.75) is 38.5 Å². The summed E-state index contributed by atoms with van der Waals surface area (Å²) in [5.74, 6) is -0.427. The van der Waals surface area contributed by atoms with E-state index in [0.29, 0.717) is 10.8 Å². The minimum Gasteiger partial charge on any atom is -0.477 e. The monoisotopic (exact) mass is 211 g/mol. The molecule has 1 aromatic heterocycles. The number of aromatic carboxylic acids is 1. The Morgan fingerprint density at radius 1 is 1.50 bits per heavy atom. The lowest BCUT2D eigenvalue weighted by molar-refractivity contribution is 0.0700. The second-order valence-corrected chi connectivity index (χ2v) is 4.94. The number of thiazole rings is 1. The number of nitrogens with zero attached hydrogens (tertiary/aromatic N) is 1. The second kappa shape index (κ2) is 3.69. The van der Waals surface area contributed by atoms with Crippen molar-refractivity contribution in [3.8, 4) is 0 Å². The molecular formula is C10H13NO2S. The summed E-state index contributed by atoms with van der Waals surface area (Å²) in [5, 5.41) is 9.87. The van der Waals surface area contributed by atoms with Crippen LogP contribution in [0.2, 0.25) is 0 Å². The van der Waals surface area contributed by atoms with Crippen LogP contribution in [0.25, 0.3) is 0 Å². The average Bonchev–Trinajstić information content (AvgIpc) is 2.70. The van der Waals surface area contributed by atoms with Crippen molar-refractivity contribution in [1.29, 1.82) is 0 Å². The number of hydrogen-bond donors (Lipinski definition) is 1. The highest BCUT2D eigenvalue weighted by Gasteiger charge is 2.25. The third-order valence-electron chi connectivity index (χ3n) is 2.70. The van der Waals surface area contributed by atoms with Gasteiger partial charge in [-0.05, 0) is 19.8 Å². The molecule has 0 aliphatic heterocycles. The largest absolute Gasteiger partial charge is 0.477 e. The normalized spacial score (nSPS) is 17.5. The quantitative estimate of drug-likeness (QED) is 0.818. The molecule has 1 aliphatic carbocycles. The number of carbonyl (C=O) groups is 1. The lowest BCUT2D eigenvalue weighted by Crippen LogP contribution is -2.02. The van der Waals surface area contributed by atoms with E-state index >= 15 is 0 Å². The van der Waals surface area contributed by atoms with Gasteiger partial charge >= 0.3 is 5.97 Å². The van der Waals surface area contributed by atoms with Crippen molar-refractivity contribution in [2.24, 2.45) is 0 Å². The van der Waals surface area contributed by atoms with Gasteiger partial charge in [0.05, 0.1) is 10.7 Å². The molecular weight excluding hydrogens is 198 g/mol. The van der Waals surface area contributed by atoms with Crippen molar-refractivity contribution < 1.29 is 9.90 Å². The van der Waals surface area contributed by atoms with Gasteiger partial charge in [0.15, 0.2) is 0 Å². The Morgan fingerprint density at radius 2 is 2.14 bits per heavy atom. The van der Waals surface area contributed by atoms with E-state index in [0.717, 1.165) is 23.5 Å². The Bertz CT molecular complexity index is 353. The van der Waals surface area contributed by atoms with E-state index in [2.05, 4.69) is 4.98 Å². The SMILES string of the molecule is Cc1nc(C2CCCC2)c(C(=O)O)s1. The summed E-state index contributed by atoms with van der Waals surface area (Å²) in [6, 6.07) is 0. The predicted molar refractivity (Wildman–Crippen MR) is 55.0 cm³/mol. The van der Waals surface area contributed by atoms with E-state index in [-0.39, 0.29) is 0 Å². The summed E-state index contributed by atoms with van der Waals surface area (Å²) in [6.07, 6.45) is 4.62. The molecule has 0 spiro atoms. The van der Waals surface area contributed by atoms with Gasteiger partial charge in [0, 0.05) is 5.92 Å². The summed E-state index contributed by atoms with van der Waals surface area (Å²) in [5.41, 5.74) is 0.831. The Morgan fingerprint density at radius 3 is 2.71 bits per heavy atom. The number of carboxylic acids is 1. The van der Waals surface area contributed by atoms with E-state index in [4.69, 9.17) is 5.11 Å². The van der Waals surface area contributed by atoms with Gasteiger partial charge in [-0.2, -0.15) is 0 Å². The van der Waals surface area contributed by atoms with Gasteiger partial charge in [0.2, 0.25) is 0 Å². The Labute approximate surface area is 86.8 Å². The smallest absolute Gasteiger partial charge is 0.347 e. The Balaban J connectivity index is 2.35. The molecule has 0 radical (unpaired) electrons. The van der Waals surface area contributed by atoms with Crippen molar-refractivity contribution in [3.63, 3.8) is 0 Å². The standard InChI is InChI=1S/C10H13NO2S/c1-6-11-8(7-4-2-3-5-7)9(14-6)10(12)13/h7H,2-5H2,1H3,(H,12,13). The Kier molecular flexibility index (Phi) is 2.54. The number of aryl methyl sites for hydroxylation is 1. The maximum Gasteiger partial charge on any atom is 0.347 e. The van der Waals surface area contributed by atoms with E-state index in [1.165, 1.54) is 24.2 Å². The summed E-state index contributed by atoms with van der Waals surface area (Å²) >= 11 is 1.30. The Hall–Kier alpha value is -0.900. The van der Waals surface area contributed by atoms with Gasteiger partial charge in [-0.3, -0.25) is 0 Å². The number of aromatic nitrogens is 1. The third-order valence-corrected chi connectivity index (χ3v) is 3.67. The van der Waals surface area contributed by atoms with Crippen molar-refractivity contribution in [2.75, 3.05) is 0 Å². The van der Waals surface area contributed by atoms with Crippen LogP contribution in [-0.2, 0) is 0 Å². The minimum atomic E-state index is -0.822. The molecule has 1 aliphatic rings. The average molecular weight is 211 g/mol. The van der Waals surface area contributed by atoms with Crippen LogP contribution in [0.15, 0.2) is 0 Å². The molecule has 4 heteroatoms. The minimum absolute atomic E-state index is 0.394. The highest BCUT2D eigenvalue weighted by Crippen LogP contribution is 2.36. The summed E-state index contributed by atoms with van der Waals surface area (Å²) in [7, 11) is 0. The lowest BCUT2D eigenvalue weighted by atomic mass is 10.0. The summed E-state index contributed by atoms with van der Waals surface area (Å²) in [4.78, 5) is 15.8. The van der Waals surface area contributed by atoms with Gasteiger partial charge < -0.3 is 5.11 Å². The van der Waals surface area contributed by atoms with Crippen LogP contribution in [0.1, 0.15) is 52.0 Å². The first-order valence-electron chi connectivity index (χ1n) is 4.89. The molecule has 14 heavy (non-hydrogen) atoms. The molecule has 1 heterocycles. The predicted octanol–water partition coefficient (Wildman–Crippen LogP) is 2.81. The van der Waals surface area contributed by atoms with Crippen LogP contribution in [0.4, 0.5) is 0 Å². The van der Waals surface area contributed by atoms with Gasteiger partial charge in [-0.1, -0.05) is 12.8 Å². The zero-order valence-electron chi connectivity index (χ0n) is 8.12. The van der Waals surface area contributed by atoms with Gasteiger partial charge in [-0.15, -0.1) is 11.3 Å². The first-order chi connectivity index (χ1) is 6.68. The van der Waals surface area contributed by atoms with Crippen LogP contribution < -0.4 is 0 Å². The maximum absolute atomic E-state index is 11.0. The maximum atomic E-state index is 11.0. The van der Waals surface area contributed by atoms with E-state index in [1.54, 1.807) is 0 Å². The van der Waals surface area contributed by atoms with Gasteiger partial charge in [-0.25, -0.2) is 9.78 Å². The van der Waals surface area contributed by atoms with Crippen molar-refractivity contribution >= 4 is 17.3 Å². The molecule has 3 nitrogen and oxygen atoms in total. The van der Waals surface area contributed by atoms with Crippen molar-refractivity contribution in [1.82, 2.24) is 4.98 Å². The number of carboxylic acid groups (broad SMARTS) is 1. The molecule has 0 saturated heterocycles. The molecule has 1 aromatic rings. The molecule has 0 unspecified atom stereocenters. The molecule has 1 N–H and O–H groups in total. The topological polar surface area (TPSA) is 50.2 Å². The fraction of sp³-hybridized carbons (Fsp3) is 0.600. The van der Waals surface area contributed by atoms with E-state index in [9.17, 15) is 4.79 Å². The van der Waals surface area contributed by atoms with Crippen LogP contribution in [0.5, 0.6) is 0 Å². The molecule has 0 aromatic carbocycles. The van der Waals surface area contributed by atoms with Crippen LogP contribution >= 0.6 is 11.3 Å². The van der Waals surface area contributed by atoms with E-state index in [1.807, 2.05) is 6.92 Å². The zero-order chi connectivity index (χ0) is 10.1. The van der Waals surface area contributed by atoms with Crippen LogP contribution in [0, 0.1) is 6.92 Å². The fourth-order valence-corrected chi connectivity index (χ4v) is 2.92. The molecule has 0 bridgehead atoms. The highest BCUT2D eigenvalue weighted by molar-refractivity contribution is 7.13. The first kappa shape index (κ1) is 9.65. The molecule has 0 amide bonds. The molecule has 1 fully saturated rings. The van der Waals surface area contributed by atoms with E-state index < -0.39 is 5.97 Å². The second-order valence-electron chi connectivity index (χ2n) is 3.73. The number of rotatable bonds is 2. The first-order valence-corrected chi connectivity index (χ1v) is 5.70. The molecule has 0 atom stereocenters. The molecule has 76 valence electrons. The van der Waals surface area contributed by atoms with Crippen LogP contribution in [0.3, 0.4) is 0 Å². The summed E-state index contributed by atoms with van der Waals surface area (Å²) < 4.78 is 0. The van der Waals surface area contributed by atoms with Gasteiger partial charge in [0.1, 0.15) is 4.88 Å². The number of hydrogen-bond acceptors (Lipinski definition) is 3. The van der Waals surface area contributed by atoms with Crippen LogP contribution in [-0.4, -0.2) is 16.1 Å². The lowest BCUT2D eigenvalue weighted by Gasteiger charge is -2.05. The molecule has 1 saturated carbocycles. The third kappa shape index (κ3) is 1.66.